The summed E-state index contributed by atoms with van der Waals surface area (Å²) >= 11 is 0. The van der Waals surface area contributed by atoms with Crippen LogP contribution in [0, 0.1) is 5.92 Å². The summed E-state index contributed by atoms with van der Waals surface area (Å²) in [4.78, 5) is 4.70. The van der Waals surface area contributed by atoms with Crippen molar-refractivity contribution >= 4 is 77.9 Å². The zero-order valence-corrected chi connectivity index (χ0v) is 40.9. The molecule has 3 aliphatic carbocycles. The summed E-state index contributed by atoms with van der Waals surface area (Å²) < 4.78 is 14.3. The van der Waals surface area contributed by atoms with Crippen molar-refractivity contribution in [2.75, 3.05) is 16.4 Å². The van der Waals surface area contributed by atoms with Crippen molar-refractivity contribution in [1.29, 1.82) is 0 Å². The average molecular weight is 931 g/mol. The number of hydrogen-bond acceptors (Lipinski definition) is 5. The van der Waals surface area contributed by atoms with Crippen molar-refractivity contribution in [3.8, 4) is 11.5 Å². The Morgan fingerprint density at radius 2 is 1.44 bits per heavy atom. The first kappa shape index (κ1) is 44.7. The Balaban J connectivity index is 1.03. The third kappa shape index (κ3) is 8.06. The fourth-order valence-electron chi connectivity index (χ4n) is 12.5. The third-order valence-electron chi connectivity index (χ3n) is 16.0. The van der Waals surface area contributed by atoms with Gasteiger partial charge in [0.25, 0.3) is 0 Å². The Kier molecular flexibility index (Phi) is 12.0. The van der Waals surface area contributed by atoms with E-state index in [1.54, 1.807) is 6.07 Å². The molecule has 1 N–H and O–H groups in total. The lowest BCUT2D eigenvalue weighted by Crippen LogP contribution is -2.30. The van der Waals surface area contributed by atoms with E-state index < -0.39 is 0 Å². The molecule has 0 amide bonds. The lowest BCUT2D eigenvalue weighted by molar-refractivity contribution is 0.309. The molecule has 0 bridgehead atoms. The number of hydrogen-bond donors (Lipinski definition) is 1. The second kappa shape index (κ2) is 19.0. The van der Waals surface area contributed by atoms with Crippen molar-refractivity contribution in [3.63, 3.8) is 0 Å². The second-order valence-corrected chi connectivity index (χ2v) is 20.2. The van der Waals surface area contributed by atoms with Crippen molar-refractivity contribution in [2.24, 2.45) is 5.92 Å². The lowest BCUT2D eigenvalue weighted by Gasteiger charge is -2.38. The van der Waals surface area contributed by atoms with Crippen LogP contribution in [0.1, 0.15) is 106 Å². The van der Waals surface area contributed by atoms with Crippen LogP contribution in [0.15, 0.2) is 187 Å². The Bertz CT molecular complexity index is 3570. The lowest BCUT2D eigenvalue weighted by atomic mass is 9.83. The van der Waals surface area contributed by atoms with Gasteiger partial charge in [0.15, 0.2) is 11.3 Å². The minimum atomic E-state index is -0.103. The molecule has 2 heterocycles. The standard InChI is InChI=1S/C66H62N2O3/c1-4-5-8-19-44(3)67(60-31-16-27-52-43(2)18-13-24-49(42-70-65(52)60)45-20-9-6-10-21-45)58-39-35-47-34-38-57-59(40-36-48-33-37-56(58)62(47)63(48)57)68(50-25-14-26-51(69)41-50)61-32-17-30-55-54-29-15-28-53(64(54)71-66(55)61)46-22-11-7-12-23-46/h4-5,8,13-19,24-38,40-41,45-46,58,69H,2-3,6-7,9-12,20-23,39,42H2,1H3/b5-4+,18-13-,19-8-,49-24+/t58-/m0/s1. The quantitative estimate of drug-likeness (QED) is 0.139. The number of para-hydroxylation sites is 3. The number of fused-ring (bicyclic) bond motifs is 4. The van der Waals surface area contributed by atoms with Gasteiger partial charge in [-0.2, -0.15) is 0 Å². The van der Waals surface area contributed by atoms with Gasteiger partial charge in [-0.05, 0) is 131 Å². The summed E-state index contributed by atoms with van der Waals surface area (Å²) in [7, 11) is 0. The molecule has 2 fully saturated rings. The minimum absolute atomic E-state index is 0.103. The summed E-state index contributed by atoms with van der Waals surface area (Å²) in [5.41, 5.74) is 12.3. The molecule has 1 aliphatic heterocycles. The molecule has 0 unspecified atom stereocenters. The number of nitrogens with zero attached hydrogens (tertiary/aromatic N) is 2. The van der Waals surface area contributed by atoms with Crippen LogP contribution in [0.25, 0.3) is 55.1 Å². The van der Waals surface area contributed by atoms with E-state index in [-0.39, 0.29) is 11.8 Å². The van der Waals surface area contributed by atoms with E-state index in [0.29, 0.717) is 18.4 Å². The van der Waals surface area contributed by atoms with Gasteiger partial charge in [-0.15, -0.1) is 0 Å². The molecule has 1 atom stereocenters. The van der Waals surface area contributed by atoms with E-state index in [1.165, 1.54) is 102 Å². The Morgan fingerprint density at radius 3 is 2.25 bits per heavy atom. The molecule has 2 saturated carbocycles. The van der Waals surface area contributed by atoms with Crippen LogP contribution in [0.4, 0.5) is 22.7 Å². The predicted octanol–water partition coefficient (Wildman–Crippen LogP) is 17.7. The fourth-order valence-corrected chi connectivity index (χ4v) is 12.5. The Morgan fingerprint density at radius 1 is 0.690 bits per heavy atom. The first-order chi connectivity index (χ1) is 34.9. The molecule has 1 aromatic heterocycles. The molecule has 0 saturated heterocycles. The van der Waals surface area contributed by atoms with Crippen molar-refractivity contribution < 1.29 is 14.3 Å². The van der Waals surface area contributed by atoms with Gasteiger partial charge < -0.3 is 24.1 Å². The molecular weight excluding hydrogens is 869 g/mol. The topological polar surface area (TPSA) is 49.1 Å². The molecule has 5 heteroatoms. The summed E-state index contributed by atoms with van der Waals surface area (Å²) in [6.45, 7) is 11.9. The van der Waals surface area contributed by atoms with Gasteiger partial charge >= 0.3 is 0 Å². The molecule has 354 valence electrons. The zero-order valence-electron chi connectivity index (χ0n) is 40.9. The molecular formula is C66H62N2O3. The number of phenolic OH excluding ortho intramolecular Hbond substituents is 1. The molecule has 5 nitrogen and oxygen atoms in total. The van der Waals surface area contributed by atoms with Gasteiger partial charge in [-0.25, -0.2) is 0 Å². The summed E-state index contributed by atoms with van der Waals surface area (Å²) in [6.07, 6.45) is 30.5. The maximum absolute atomic E-state index is 11.1. The largest absolute Gasteiger partial charge is 0.508 e. The van der Waals surface area contributed by atoms with Crippen LogP contribution in [-0.4, -0.2) is 11.7 Å². The van der Waals surface area contributed by atoms with Crippen LogP contribution in [-0.2, 0) is 0 Å². The monoisotopic (exact) mass is 930 g/mol. The van der Waals surface area contributed by atoms with E-state index in [2.05, 4.69) is 156 Å². The van der Waals surface area contributed by atoms with Gasteiger partial charge in [-0.3, -0.25) is 0 Å². The normalized spacial score (nSPS) is 19.0. The van der Waals surface area contributed by atoms with Gasteiger partial charge in [0, 0.05) is 39.2 Å². The van der Waals surface area contributed by atoms with E-state index in [0.717, 1.165) is 79.1 Å². The maximum atomic E-state index is 11.1. The molecule has 7 aromatic carbocycles. The minimum Gasteiger partial charge on any atom is -0.508 e. The molecule has 8 aromatic rings. The number of benzene rings is 7. The van der Waals surface area contributed by atoms with Crippen LogP contribution in [0.3, 0.4) is 0 Å². The highest BCUT2D eigenvalue weighted by molar-refractivity contribution is 6.19. The van der Waals surface area contributed by atoms with Crippen LogP contribution in [0.5, 0.6) is 11.5 Å². The molecule has 4 aliphatic rings. The first-order valence-corrected chi connectivity index (χ1v) is 26.1. The van der Waals surface area contributed by atoms with E-state index in [1.807, 2.05) is 25.1 Å². The second-order valence-electron chi connectivity index (χ2n) is 20.2. The number of rotatable bonds is 10. The van der Waals surface area contributed by atoms with E-state index in [4.69, 9.17) is 15.7 Å². The molecule has 71 heavy (non-hydrogen) atoms. The summed E-state index contributed by atoms with van der Waals surface area (Å²) in [6, 6.07) is 40.9. The average Bonchev–Trinajstić information content (AvgIpc) is 3.83. The number of furan rings is 1. The zero-order chi connectivity index (χ0) is 48.0. The van der Waals surface area contributed by atoms with Gasteiger partial charge in [-0.1, -0.05) is 173 Å². The maximum Gasteiger partial charge on any atom is 0.159 e. The molecule has 0 radical (unpaired) electrons. The van der Waals surface area contributed by atoms with E-state index in [9.17, 15) is 5.11 Å². The highest BCUT2D eigenvalue weighted by Gasteiger charge is 2.32. The first-order valence-electron chi connectivity index (χ1n) is 26.1. The van der Waals surface area contributed by atoms with Crippen LogP contribution < -0.4 is 19.8 Å². The number of aromatic hydroxyl groups is 1. The summed E-state index contributed by atoms with van der Waals surface area (Å²) in [5, 5.41) is 19.3. The fraction of sp³-hybridized carbons (Fsp3) is 0.242. The van der Waals surface area contributed by atoms with Gasteiger partial charge in [0.05, 0.1) is 23.1 Å². The van der Waals surface area contributed by atoms with Crippen molar-refractivity contribution in [3.05, 3.63) is 204 Å². The number of anilines is 4. The molecule has 0 spiro atoms. The third-order valence-corrected chi connectivity index (χ3v) is 16.0. The highest BCUT2D eigenvalue weighted by Crippen LogP contribution is 2.50. The number of allylic oxidation sites excluding steroid dienone is 8. The SMILES string of the molecule is C=C1/C=C\C=C(\C2CCCCC2)COc2c1cccc2N(C(=C)/C=C\C=C\C)[C@H]1CC=c2ccc3c(N(c4cccc(O)c4)c4cccc5c4oc4c(C6CCCCC6)cccc45)ccc4ccc1c2c43. The number of phenols is 1. The van der Waals surface area contributed by atoms with Gasteiger partial charge in [0.1, 0.15) is 17.9 Å². The molecule has 12 rings (SSSR count). The highest BCUT2D eigenvalue weighted by atomic mass is 16.5. The Hall–Kier alpha value is -7.50. The van der Waals surface area contributed by atoms with Crippen LogP contribution in [0.2, 0.25) is 0 Å². The Labute approximate surface area is 417 Å². The van der Waals surface area contributed by atoms with Gasteiger partial charge in [0.2, 0.25) is 0 Å². The van der Waals surface area contributed by atoms with Crippen molar-refractivity contribution in [1.82, 2.24) is 0 Å². The summed E-state index contributed by atoms with van der Waals surface area (Å²) in [5.74, 6) is 2.07. The smallest absolute Gasteiger partial charge is 0.159 e. The number of ether oxygens (including phenoxy) is 1. The van der Waals surface area contributed by atoms with E-state index >= 15 is 0 Å². The predicted molar refractivity (Wildman–Crippen MR) is 298 cm³/mol. The van der Waals surface area contributed by atoms with Crippen molar-refractivity contribution in [2.45, 2.75) is 89.5 Å². The van der Waals surface area contributed by atoms with Crippen LogP contribution >= 0.6 is 0 Å².